The van der Waals surface area contributed by atoms with Crippen molar-refractivity contribution >= 4 is 34.1 Å². The Morgan fingerprint density at radius 3 is 2.76 bits per heavy atom. The number of H-pyrrole nitrogens is 1. The van der Waals surface area contributed by atoms with Gasteiger partial charge in [-0.1, -0.05) is 24.3 Å². The quantitative estimate of drug-likeness (QED) is 0.664. The van der Waals surface area contributed by atoms with Crippen LogP contribution in [0, 0.1) is 6.92 Å². The van der Waals surface area contributed by atoms with Gasteiger partial charge in [0, 0.05) is 21.5 Å². The first-order chi connectivity index (χ1) is 12.1. The number of para-hydroxylation sites is 1. The number of fused-ring (bicyclic) bond motifs is 1. The Balaban J connectivity index is 1.77. The van der Waals surface area contributed by atoms with E-state index in [0.29, 0.717) is 0 Å². The van der Waals surface area contributed by atoms with E-state index >= 15 is 0 Å². The Kier molecular flexibility index (Phi) is 5.19. The summed E-state index contributed by atoms with van der Waals surface area (Å²) in [6.45, 7) is 1.97. The summed E-state index contributed by atoms with van der Waals surface area (Å²) in [6, 6.07) is 11.4. The number of carbonyl (C=O) groups is 2. The number of methoxy groups -OCH3 is 1. The summed E-state index contributed by atoms with van der Waals surface area (Å²) < 4.78 is 4.75. The molecule has 0 saturated heterocycles. The van der Waals surface area contributed by atoms with E-state index < -0.39 is 0 Å². The van der Waals surface area contributed by atoms with Gasteiger partial charge in [-0.25, -0.2) is 0 Å². The van der Waals surface area contributed by atoms with Gasteiger partial charge in [0.15, 0.2) is 0 Å². The Morgan fingerprint density at radius 1 is 1.24 bits per heavy atom. The molecule has 0 aliphatic heterocycles. The third-order valence-electron chi connectivity index (χ3n) is 4.18. The number of amides is 1. The van der Waals surface area contributed by atoms with Gasteiger partial charge in [-0.05, 0) is 30.0 Å². The molecule has 0 aliphatic carbocycles. The lowest BCUT2D eigenvalue weighted by atomic mass is 10.1. The molecule has 130 valence electrons. The van der Waals surface area contributed by atoms with Crippen LogP contribution in [0.2, 0.25) is 0 Å². The molecular weight excluding hydrogens is 336 g/mol. The highest BCUT2D eigenvalue weighted by Gasteiger charge is 2.21. The summed E-state index contributed by atoms with van der Waals surface area (Å²) in [5, 5.41) is 5.95. The minimum Gasteiger partial charge on any atom is -0.469 e. The molecule has 3 aromatic rings. The number of aromatic amines is 1. The van der Waals surface area contributed by atoms with Crippen LogP contribution in [0.4, 0.5) is 0 Å². The molecule has 1 aromatic carbocycles. The van der Waals surface area contributed by atoms with E-state index in [-0.39, 0.29) is 30.8 Å². The number of aryl methyl sites for hydroxylation is 1. The molecule has 1 atom stereocenters. The fourth-order valence-electron chi connectivity index (χ4n) is 2.93. The second-order valence-electron chi connectivity index (χ2n) is 5.87. The molecule has 0 spiro atoms. The zero-order chi connectivity index (χ0) is 17.8. The van der Waals surface area contributed by atoms with Gasteiger partial charge in [0.2, 0.25) is 5.91 Å². The van der Waals surface area contributed by atoms with E-state index in [2.05, 4.69) is 10.3 Å². The molecule has 5 nitrogen and oxygen atoms in total. The fraction of sp³-hybridized carbons (Fsp3) is 0.263. The topological polar surface area (TPSA) is 71.2 Å². The average Bonchev–Trinajstić information content (AvgIpc) is 3.23. The zero-order valence-corrected chi connectivity index (χ0v) is 15.0. The number of hydrogen-bond donors (Lipinski definition) is 2. The zero-order valence-electron chi connectivity index (χ0n) is 14.2. The van der Waals surface area contributed by atoms with Crippen LogP contribution in [-0.2, 0) is 20.7 Å². The second kappa shape index (κ2) is 7.53. The molecule has 2 N–H and O–H groups in total. The Hall–Kier alpha value is -2.60. The maximum absolute atomic E-state index is 12.6. The second-order valence-corrected chi connectivity index (χ2v) is 6.85. The molecule has 0 radical (unpaired) electrons. The summed E-state index contributed by atoms with van der Waals surface area (Å²) in [5.41, 5.74) is 2.99. The van der Waals surface area contributed by atoms with Crippen LogP contribution in [0.15, 0.2) is 41.8 Å². The molecule has 2 aromatic heterocycles. The van der Waals surface area contributed by atoms with Crippen molar-refractivity contribution in [1.82, 2.24) is 10.3 Å². The number of aromatic nitrogens is 1. The first-order valence-corrected chi connectivity index (χ1v) is 8.92. The van der Waals surface area contributed by atoms with Crippen molar-refractivity contribution in [3.05, 3.63) is 57.9 Å². The van der Waals surface area contributed by atoms with Crippen LogP contribution in [-0.4, -0.2) is 24.0 Å². The van der Waals surface area contributed by atoms with Crippen molar-refractivity contribution in [3.8, 4) is 0 Å². The number of nitrogens with one attached hydrogen (secondary N) is 2. The number of thiophene rings is 1. The van der Waals surface area contributed by atoms with Crippen LogP contribution in [0.3, 0.4) is 0 Å². The highest BCUT2D eigenvalue weighted by Crippen LogP contribution is 2.25. The van der Waals surface area contributed by atoms with E-state index in [9.17, 15) is 9.59 Å². The van der Waals surface area contributed by atoms with E-state index in [1.54, 1.807) is 0 Å². The number of hydrogen-bond acceptors (Lipinski definition) is 4. The lowest BCUT2D eigenvalue weighted by Crippen LogP contribution is -2.31. The molecule has 0 aliphatic rings. The molecular formula is C19H20N2O3S. The molecule has 25 heavy (non-hydrogen) atoms. The molecule has 0 saturated carbocycles. The van der Waals surface area contributed by atoms with Gasteiger partial charge in [0.25, 0.3) is 0 Å². The predicted octanol–water partition coefficient (Wildman–Crippen LogP) is 3.50. The normalized spacial score (nSPS) is 12.1. The van der Waals surface area contributed by atoms with Crippen molar-refractivity contribution in [1.29, 1.82) is 0 Å². The lowest BCUT2D eigenvalue weighted by Gasteiger charge is -2.16. The monoisotopic (exact) mass is 356 g/mol. The molecule has 3 rings (SSSR count). The number of esters is 1. The summed E-state index contributed by atoms with van der Waals surface area (Å²) in [4.78, 5) is 28.5. The predicted molar refractivity (Wildman–Crippen MR) is 98.6 cm³/mol. The van der Waals surface area contributed by atoms with Crippen molar-refractivity contribution in [2.75, 3.05) is 7.11 Å². The van der Waals surface area contributed by atoms with Crippen molar-refractivity contribution in [2.45, 2.75) is 25.8 Å². The fourth-order valence-corrected chi connectivity index (χ4v) is 3.71. The maximum atomic E-state index is 12.6. The van der Waals surface area contributed by atoms with Crippen molar-refractivity contribution < 1.29 is 14.3 Å². The van der Waals surface area contributed by atoms with Crippen LogP contribution in [0.5, 0.6) is 0 Å². The molecule has 0 fully saturated rings. The lowest BCUT2D eigenvalue weighted by molar-refractivity contribution is -0.141. The van der Waals surface area contributed by atoms with Gasteiger partial charge in [-0.15, -0.1) is 11.3 Å². The number of rotatable bonds is 6. The van der Waals surface area contributed by atoms with E-state index in [0.717, 1.165) is 27.0 Å². The number of ether oxygens (including phenoxy) is 1. The Morgan fingerprint density at radius 2 is 2.04 bits per heavy atom. The highest BCUT2D eigenvalue weighted by molar-refractivity contribution is 7.10. The Bertz CT molecular complexity index is 883. The molecule has 6 heteroatoms. The molecule has 0 bridgehead atoms. The highest BCUT2D eigenvalue weighted by atomic mass is 32.1. The smallest absolute Gasteiger partial charge is 0.307 e. The first-order valence-electron chi connectivity index (χ1n) is 8.04. The van der Waals surface area contributed by atoms with Gasteiger partial charge in [-0.2, -0.15) is 0 Å². The van der Waals surface area contributed by atoms with Gasteiger partial charge >= 0.3 is 5.97 Å². The standard InChI is InChI=1S/C19H20N2O3S/c1-12-14(13-6-3-4-7-15(13)20-12)10-18(22)21-16(11-19(23)24-2)17-8-5-9-25-17/h3-9,16,20H,10-11H2,1-2H3,(H,21,22). The largest absolute Gasteiger partial charge is 0.469 e. The summed E-state index contributed by atoms with van der Waals surface area (Å²) >= 11 is 1.51. The van der Waals surface area contributed by atoms with Crippen molar-refractivity contribution in [2.24, 2.45) is 0 Å². The summed E-state index contributed by atoms with van der Waals surface area (Å²) in [5.74, 6) is -0.461. The van der Waals surface area contributed by atoms with E-state index in [1.165, 1.54) is 18.4 Å². The molecule has 1 amide bonds. The number of carbonyl (C=O) groups excluding carboxylic acids is 2. The van der Waals surface area contributed by atoms with Crippen LogP contribution >= 0.6 is 11.3 Å². The third-order valence-corrected chi connectivity index (χ3v) is 5.17. The summed E-state index contributed by atoms with van der Waals surface area (Å²) in [7, 11) is 1.35. The van der Waals surface area contributed by atoms with Gasteiger partial charge in [0.1, 0.15) is 0 Å². The Labute approximate surface area is 150 Å². The average molecular weight is 356 g/mol. The first kappa shape index (κ1) is 17.2. The molecule has 1 unspecified atom stereocenters. The third kappa shape index (κ3) is 3.91. The van der Waals surface area contributed by atoms with Gasteiger partial charge < -0.3 is 15.0 Å². The summed E-state index contributed by atoms with van der Waals surface area (Å²) in [6.07, 6.45) is 0.383. The van der Waals surface area contributed by atoms with Crippen LogP contribution < -0.4 is 5.32 Å². The van der Waals surface area contributed by atoms with E-state index in [1.807, 2.05) is 48.7 Å². The maximum Gasteiger partial charge on any atom is 0.307 e. The number of benzene rings is 1. The SMILES string of the molecule is COC(=O)CC(NC(=O)Cc1c(C)[nH]c2ccccc12)c1cccs1. The van der Waals surface area contributed by atoms with E-state index in [4.69, 9.17) is 4.74 Å². The van der Waals surface area contributed by atoms with Crippen LogP contribution in [0.1, 0.15) is 28.6 Å². The van der Waals surface area contributed by atoms with Crippen LogP contribution in [0.25, 0.3) is 10.9 Å². The minimum absolute atomic E-state index is 0.116. The minimum atomic E-state index is -0.370. The van der Waals surface area contributed by atoms with Crippen molar-refractivity contribution in [3.63, 3.8) is 0 Å². The van der Waals surface area contributed by atoms with Gasteiger partial charge in [0.05, 0.1) is 26.0 Å². The van der Waals surface area contributed by atoms with Gasteiger partial charge in [-0.3, -0.25) is 9.59 Å². The molecule has 2 heterocycles.